The van der Waals surface area contributed by atoms with Crippen LogP contribution in [0.25, 0.3) is 0 Å². The second kappa shape index (κ2) is 7.42. The van der Waals surface area contributed by atoms with Gasteiger partial charge in [-0.2, -0.15) is 0 Å². The Morgan fingerprint density at radius 1 is 1.17 bits per heavy atom. The third-order valence-corrected chi connectivity index (χ3v) is 3.57. The van der Waals surface area contributed by atoms with E-state index in [1.165, 1.54) is 31.4 Å². The van der Waals surface area contributed by atoms with Crippen LogP contribution in [0.3, 0.4) is 0 Å². The number of hydrogen-bond donors (Lipinski definition) is 1. The number of unbranched alkanes of at least 4 members (excludes halogenated alkanes) is 2. The molecule has 1 unspecified atom stereocenters. The molecule has 0 aliphatic carbocycles. The summed E-state index contributed by atoms with van der Waals surface area (Å²) in [5, 5.41) is 0. The van der Waals surface area contributed by atoms with Gasteiger partial charge in [-0.25, -0.2) is 0 Å². The van der Waals surface area contributed by atoms with Gasteiger partial charge in [0.2, 0.25) is 0 Å². The van der Waals surface area contributed by atoms with E-state index in [-0.39, 0.29) is 0 Å². The zero-order chi connectivity index (χ0) is 13.5. The molecular weight excluding hydrogens is 220 g/mol. The maximum atomic E-state index is 5.88. The molecule has 0 fully saturated rings. The van der Waals surface area contributed by atoms with Crippen LogP contribution in [0.5, 0.6) is 0 Å². The van der Waals surface area contributed by atoms with Gasteiger partial charge in [-0.1, -0.05) is 31.9 Å². The van der Waals surface area contributed by atoms with E-state index >= 15 is 0 Å². The van der Waals surface area contributed by atoms with E-state index in [0.29, 0.717) is 12.1 Å². The summed E-state index contributed by atoms with van der Waals surface area (Å²) in [6.07, 6.45) is 3.87. The lowest BCUT2D eigenvalue weighted by atomic mass is 10.0. The Kier molecular flexibility index (Phi) is 6.20. The van der Waals surface area contributed by atoms with Crippen molar-refractivity contribution in [3.8, 4) is 0 Å². The average Bonchev–Trinajstić information content (AvgIpc) is 2.33. The van der Waals surface area contributed by atoms with Crippen LogP contribution in [-0.2, 0) is 0 Å². The molecule has 0 radical (unpaired) electrons. The number of nitrogens with zero attached hydrogens (tertiary/aromatic N) is 1. The van der Waals surface area contributed by atoms with Gasteiger partial charge < -0.3 is 5.73 Å². The molecule has 1 atom stereocenters. The van der Waals surface area contributed by atoms with Gasteiger partial charge in [-0.3, -0.25) is 4.90 Å². The molecule has 0 aliphatic heterocycles. The number of anilines is 1. The molecule has 0 amide bonds. The SMILES string of the molecule is CCCCCN(C(C)C)C(C)c1cccc(N)c1. The third-order valence-electron chi connectivity index (χ3n) is 3.57. The second-order valence-electron chi connectivity index (χ2n) is 5.38. The van der Waals surface area contributed by atoms with Crippen molar-refractivity contribution in [2.75, 3.05) is 12.3 Å². The van der Waals surface area contributed by atoms with Crippen molar-refractivity contribution < 1.29 is 0 Å². The Morgan fingerprint density at radius 2 is 1.89 bits per heavy atom. The Balaban J connectivity index is 2.72. The number of rotatable bonds is 7. The molecule has 102 valence electrons. The summed E-state index contributed by atoms with van der Waals surface area (Å²) in [6.45, 7) is 10.2. The van der Waals surface area contributed by atoms with Gasteiger partial charge in [0, 0.05) is 17.8 Å². The van der Waals surface area contributed by atoms with E-state index in [9.17, 15) is 0 Å². The first-order valence-electron chi connectivity index (χ1n) is 7.17. The maximum Gasteiger partial charge on any atom is 0.0323 e. The van der Waals surface area contributed by atoms with Gasteiger partial charge >= 0.3 is 0 Å². The molecule has 2 nitrogen and oxygen atoms in total. The van der Waals surface area contributed by atoms with Crippen LogP contribution >= 0.6 is 0 Å². The second-order valence-corrected chi connectivity index (χ2v) is 5.38. The van der Waals surface area contributed by atoms with Gasteiger partial charge in [0.25, 0.3) is 0 Å². The molecule has 2 N–H and O–H groups in total. The third kappa shape index (κ3) is 4.34. The van der Waals surface area contributed by atoms with E-state index in [1.54, 1.807) is 0 Å². The van der Waals surface area contributed by atoms with E-state index in [0.717, 1.165) is 5.69 Å². The minimum absolute atomic E-state index is 0.436. The fraction of sp³-hybridized carbons (Fsp3) is 0.625. The lowest BCUT2D eigenvalue weighted by Crippen LogP contribution is -2.34. The zero-order valence-electron chi connectivity index (χ0n) is 12.3. The molecular formula is C16H28N2. The van der Waals surface area contributed by atoms with Crippen LogP contribution in [0.2, 0.25) is 0 Å². The van der Waals surface area contributed by atoms with Gasteiger partial charge in [-0.15, -0.1) is 0 Å². The van der Waals surface area contributed by atoms with Crippen LogP contribution in [0.1, 0.15) is 58.6 Å². The monoisotopic (exact) mass is 248 g/mol. The summed E-state index contributed by atoms with van der Waals surface area (Å²) >= 11 is 0. The standard InChI is InChI=1S/C16H28N2/c1-5-6-7-11-18(13(2)3)14(4)15-9-8-10-16(17)12-15/h8-10,12-14H,5-7,11,17H2,1-4H3. The fourth-order valence-electron chi connectivity index (χ4n) is 2.45. The van der Waals surface area contributed by atoms with E-state index in [1.807, 2.05) is 12.1 Å². The van der Waals surface area contributed by atoms with Gasteiger partial charge in [0.15, 0.2) is 0 Å². The molecule has 0 heterocycles. The zero-order valence-corrected chi connectivity index (χ0v) is 12.3. The highest BCUT2D eigenvalue weighted by Gasteiger charge is 2.18. The molecule has 0 saturated carbocycles. The Bertz CT molecular complexity index is 347. The normalized spacial score (nSPS) is 13.2. The predicted octanol–water partition coefficient (Wildman–Crippen LogP) is 4.23. The molecule has 0 aliphatic rings. The van der Waals surface area contributed by atoms with Crippen molar-refractivity contribution in [1.82, 2.24) is 4.90 Å². The van der Waals surface area contributed by atoms with Crippen LogP contribution in [-0.4, -0.2) is 17.5 Å². The quantitative estimate of drug-likeness (QED) is 0.578. The first-order valence-corrected chi connectivity index (χ1v) is 7.17. The van der Waals surface area contributed by atoms with E-state index < -0.39 is 0 Å². The highest BCUT2D eigenvalue weighted by Crippen LogP contribution is 2.24. The first-order chi connectivity index (χ1) is 8.56. The number of nitrogens with two attached hydrogens (primary N) is 1. The van der Waals surface area contributed by atoms with Crippen molar-refractivity contribution in [3.63, 3.8) is 0 Å². The minimum Gasteiger partial charge on any atom is -0.399 e. The number of nitrogen functional groups attached to an aromatic ring is 1. The van der Waals surface area contributed by atoms with Crippen LogP contribution in [0.4, 0.5) is 5.69 Å². The van der Waals surface area contributed by atoms with Crippen LogP contribution in [0, 0.1) is 0 Å². The summed E-state index contributed by atoms with van der Waals surface area (Å²) in [5.74, 6) is 0. The Hall–Kier alpha value is -1.02. The fourth-order valence-corrected chi connectivity index (χ4v) is 2.45. The first kappa shape index (κ1) is 15.0. The Labute approximate surface area is 112 Å². The minimum atomic E-state index is 0.436. The van der Waals surface area contributed by atoms with Crippen molar-refractivity contribution in [3.05, 3.63) is 29.8 Å². The summed E-state index contributed by atoms with van der Waals surface area (Å²) in [7, 11) is 0. The summed E-state index contributed by atoms with van der Waals surface area (Å²) in [4.78, 5) is 2.56. The van der Waals surface area contributed by atoms with E-state index in [4.69, 9.17) is 5.73 Å². The summed E-state index contributed by atoms with van der Waals surface area (Å²) in [6, 6.07) is 9.28. The lowest BCUT2D eigenvalue weighted by molar-refractivity contribution is 0.161. The topological polar surface area (TPSA) is 29.3 Å². The molecule has 0 aromatic heterocycles. The molecule has 1 aromatic rings. The molecule has 0 saturated heterocycles. The van der Waals surface area contributed by atoms with E-state index in [2.05, 4.69) is 44.7 Å². The molecule has 0 spiro atoms. The molecule has 18 heavy (non-hydrogen) atoms. The van der Waals surface area contributed by atoms with Crippen LogP contribution in [0.15, 0.2) is 24.3 Å². The highest BCUT2D eigenvalue weighted by molar-refractivity contribution is 5.41. The molecule has 1 rings (SSSR count). The number of benzene rings is 1. The van der Waals surface area contributed by atoms with Crippen molar-refractivity contribution in [2.24, 2.45) is 0 Å². The largest absolute Gasteiger partial charge is 0.399 e. The summed E-state index contributed by atoms with van der Waals surface area (Å²) < 4.78 is 0. The van der Waals surface area contributed by atoms with Gasteiger partial charge in [-0.05, 0) is 51.4 Å². The van der Waals surface area contributed by atoms with Crippen LogP contribution < -0.4 is 5.73 Å². The van der Waals surface area contributed by atoms with Gasteiger partial charge in [0.05, 0.1) is 0 Å². The average molecular weight is 248 g/mol. The van der Waals surface area contributed by atoms with Crippen molar-refractivity contribution in [1.29, 1.82) is 0 Å². The molecule has 2 heteroatoms. The van der Waals surface area contributed by atoms with Gasteiger partial charge in [0.1, 0.15) is 0 Å². The van der Waals surface area contributed by atoms with Crippen molar-refractivity contribution >= 4 is 5.69 Å². The highest BCUT2D eigenvalue weighted by atomic mass is 15.2. The summed E-state index contributed by atoms with van der Waals surface area (Å²) in [5.41, 5.74) is 8.05. The predicted molar refractivity (Wildman–Crippen MR) is 80.6 cm³/mol. The Morgan fingerprint density at radius 3 is 2.44 bits per heavy atom. The lowest BCUT2D eigenvalue weighted by Gasteiger charge is -2.33. The van der Waals surface area contributed by atoms with Crippen molar-refractivity contribution in [2.45, 2.75) is 59.0 Å². The molecule has 0 bridgehead atoms. The maximum absolute atomic E-state index is 5.88. The smallest absolute Gasteiger partial charge is 0.0323 e. The number of hydrogen-bond acceptors (Lipinski definition) is 2. The molecule has 1 aromatic carbocycles.